The molecule has 1 N–H and O–H groups in total. The number of carboxylic acids is 1. The van der Waals surface area contributed by atoms with E-state index in [1.807, 2.05) is 5.38 Å². The van der Waals surface area contributed by atoms with Gasteiger partial charge in [0.2, 0.25) is 0 Å². The average Bonchev–Trinajstić information content (AvgIpc) is 2.87. The minimum absolute atomic E-state index is 0.289. The maximum absolute atomic E-state index is 10.4. The number of para-hydroxylation sites is 1. The van der Waals surface area contributed by atoms with E-state index in [0.29, 0.717) is 0 Å². The third kappa shape index (κ3) is 3.99. The summed E-state index contributed by atoms with van der Waals surface area (Å²) in [7, 11) is 0. The van der Waals surface area contributed by atoms with Crippen molar-refractivity contribution in [1.29, 1.82) is 0 Å². The van der Waals surface area contributed by atoms with Crippen LogP contribution in [0.4, 0.5) is 5.69 Å². The number of hydrogen-bond acceptors (Lipinski definition) is 5. The van der Waals surface area contributed by atoms with E-state index in [-0.39, 0.29) is 11.3 Å². The maximum atomic E-state index is 10.4. The molecule has 1 heterocycles. The number of aromatic nitrogens is 1. The van der Waals surface area contributed by atoms with Crippen LogP contribution in [0.25, 0.3) is 0 Å². The Hall–Kier alpha value is -2.28. The molecular formula is C10H8N2O4S. The number of nitro benzene ring substituents is 1. The van der Waals surface area contributed by atoms with Gasteiger partial charge in [-0.1, -0.05) is 12.1 Å². The van der Waals surface area contributed by atoms with Crippen LogP contribution in [0, 0.1) is 10.1 Å². The Balaban J connectivity index is 0.000000239. The standard InChI is InChI=1S/C7H5NO4.C3H3NS/c9-7(10)5-3-1-2-4-6(5)8(11)12;1-2-5-3-4-1/h1-4H,(H,9,10);1-3H. The van der Waals surface area contributed by atoms with Crippen molar-refractivity contribution in [2.45, 2.75) is 0 Å². The number of hydrogen-bond donors (Lipinski definition) is 1. The second-order valence-electron chi connectivity index (χ2n) is 2.76. The molecule has 0 aliphatic heterocycles. The van der Waals surface area contributed by atoms with E-state index >= 15 is 0 Å². The minimum Gasteiger partial charge on any atom is -0.477 e. The lowest BCUT2D eigenvalue weighted by molar-refractivity contribution is -0.385. The molecule has 2 aromatic rings. The maximum Gasteiger partial charge on any atom is 0.342 e. The summed E-state index contributed by atoms with van der Waals surface area (Å²) >= 11 is 1.60. The molecule has 7 heteroatoms. The van der Waals surface area contributed by atoms with Crippen molar-refractivity contribution < 1.29 is 14.8 Å². The van der Waals surface area contributed by atoms with Gasteiger partial charge in [-0.15, -0.1) is 11.3 Å². The normalized spacial score (nSPS) is 8.94. The number of thiazole rings is 1. The molecule has 1 aromatic carbocycles. The first-order valence-electron chi connectivity index (χ1n) is 4.41. The van der Waals surface area contributed by atoms with Crippen LogP contribution in [-0.4, -0.2) is 21.0 Å². The fourth-order valence-electron chi connectivity index (χ4n) is 0.989. The number of rotatable bonds is 2. The number of benzene rings is 1. The zero-order valence-electron chi connectivity index (χ0n) is 8.52. The lowest BCUT2D eigenvalue weighted by Gasteiger charge is -1.94. The Kier molecular flexibility index (Phi) is 4.77. The van der Waals surface area contributed by atoms with E-state index in [0.717, 1.165) is 6.07 Å². The molecule has 6 nitrogen and oxygen atoms in total. The highest BCUT2D eigenvalue weighted by Crippen LogP contribution is 2.16. The zero-order chi connectivity index (χ0) is 12.7. The summed E-state index contributed by atoms with van der Waals surface area (Å²) in [6, 6.07) is 5.21. The first-order valence-corrected chi connectivity index (χ1v) is 5.36. The first kappa shape index (κ1) is 12.8. The summed E-state index contributed by atoms with van der Waals surface area (Å²) in [4.78, 5) is 23.7. The quantitative estimate of drug-likeness (QED) is 0.654. The molecule has 0 amide bonds. The molecule has 0 saturated carbocycles. The predicted octanol–water partition coefficient (Wildman–Crippen LogP) is 2.44. The van der Waals surface area contributed by atoms with Gasteiger partial charge in [0.25, 0.3) is 5.69 Å². The zero-order valence-corrected chi connectivity index (χ0v) is 9.33. The number of aromatic carboxylic acids is 1. The summed E-state index contributed by atoms with van der Waals surface area (Å²) in [6.45, 7) is 0. The first-order chi connectivity index (χ1) is 8.13. The number of carbonyl (C=O) groups is 1. The number of carboxylic acid groups (broad SMARTS) is 1. The molecular weight excluding hydrogens is 244 g/mol. The van der Waals surface area contributed by atoms with Crippen molar-refractivity contribution in [3.8, 4) is 0 Å². The third-order valence-electron chi connectivity index (χ3n) is 1.68. The molecule has 0 bridgehead atoms. The van der Waals surface area contributed by atoms with Crippen LogP contribution < -0.4 is 0 Å². The van der Waals surface area contributed by atoms with Gasteiger partial charge in [0.15, 0.2) is 0 Å². The Morgan fingerprint density at radius 2 is 2.12 bits per heavy atom. The van der Waals surface area contributed by atoms with Gasteiger partial charge in [-0.3, -0.25) is 15.1 Å². The van der Waals surface area contributed by atoms with Crippen molar-refractivity contribution in [1.82, 2.24) is 4.98 Å². The number of nitrogens with zero attached hydrogens (tertiary/aromatic N) is 2. The van der Waals surface area contributed by atoms with Crippen LogP contribution in [0.2, 0.25) is 0 Å². The highest BCUT2D eigenvalue weighted by atomic mass is 32.1. The third-order valence-corrected chi connectivity index (χ3v) is 2.20. The molecule has 0 unspecified atom stereocenters. The van der Waals surface area contributed by atoms with Crippen LogP contribution >= 0.6 is 11.3 Å². The minimum atomic E-state index is -1.29. The van der Waals surface area contributed by atoms with Crippen molar-refractivity contribution in [3.63, 3.8) is 0 Å². The Morgan fingerprint density at radius 1 is 1.41 bits per heavy atom. The van der Waals surface area contributed by atoms with Gasteiger partial charge in [0.1, 0.15) is 5.56 Å². The van der Waals surface area contributed by atoms with Crippen molar-refractivity contribution in [3.05, 3.63) is 57.0 Å². The summed E-state index contributed by atoms with van der Waals surface area (Å²) in [5, 5.41) is 20.7. The van der Waals surface area contributed by atoms with Crippen molar-refractivity contribution >= 4 is 23.0 Å². The summed E-state index contributed by atoms with van der Waals surface area (Å²) < 4.78 is 0. The smallest absolute Gasteiger partial charge is 0.342 e. The molecule has 0 saturated heterocycles. The SMILES string of the molecule is O=C(O)c1ccccc1[N+](=O)[O-].c1cscn1. The largest absolute Gasteiger partial charge is 0.477 e. The van der Waals surface area contributed by atoms with Crippen molar-refractivity contribution in [2.24, 2.45) is 0 Å². The Morgan fingerprint density at radius 3 is 2.47 bits per heavy atom. The van der Waals surface area contributed by atoms with Crippen LogP contribution in [0.3, 0.4) is 0 Å². The lowest BCUT2D eigenvalue weighted by Crippen LogP contribution is -2.01. The average molecular weight is 252 g/mol. The van der Waals surface area contributed by atoms with Crippen LogP contribution in [0.15, 0.2) is 41.4 Å². The molecule has 0 atom stereocenters. The van der Waals surface area contributed by atoms with Gasteiger partial charge >= 0.3 is 5.97 Å². The highest BCUT2D eigenvalue weighted by molar-refractivity contribution is 7.07. The van der Waals surface area contributed by atoms with Gasteiger partial charge in [0.05, 0.1) is 10.4 Å². The van der Waals surface area contributed by atoms with E-state index in [1.165, 1.54) is 18.2 Å². The molecule has 0 spiro atoms. The van der Waals surface area contributed by atoms with Crippen LogP contribution in [0.5, 0.6) is 0 Å². The molecule has 0 aliphatic rings. The Labute approximate surface area is 100 Å². The van der Waals surface area contributed by atoms with Gasteiger partial charge in [0, 0.05) is 17.6 Å². The monoisotopic (exact) mass is 252 g/mol. The van der Waals surface area contributed by atoms with E-state index in [9.17, 15) is 14.9 Å². The van der Waals surface area contributed by atoms with E-state index in [2.05, 4.69) is 4.98 Å². The van der Waals surface area contributed by atoms with E-state index < -0.39 is 10.9 Å². The summed E-state index contributed by atoms with van der Waals surface area (Å²) in [5.74, 6) is -1.29. The number of nitro groups is 1. The predicted molar refractivity (Wildman–Crippen MR) is 62.2 cm³/mol. The fraction of sp³-hybridized carbons (Fsp3) is 0. The Bertz CT molecular complexity index is 449. The lowest BCUT2D eigenvalue weighted by atomic mass is 10.2. The van der Waals surface area contributed by atoms with Gasteiger partial charge in [-0.25, -0.2) is 4.79 Å². The fourth-order valence-corrected chi connectivity index (χ4v) is 1.34. The molecule has 0 aliphatic carbocycles. The topological polar surface area (TPSA) is 93.3 Å². The van der Waals surface area contributed by atoms with Crippen molar-refractivity contribution in [2.75, 3.05) is 0 Å². The summed E-state index contributed by atoms with van der Waals surface area (Å²) in [5.41, 5.74) is 1.12. The van der Waals surface area contributed by atoms with Gasteiger partial charge < -0.3 is 5.11 Å². The van der Waals surface area contributed by atoms with Crippen LogP contribution in [0.1, 0.15) is 10.4 Å². The van der Waals surface area contributed by atoms with E-state index in [4.69, 9.17) is 5.11 Å². The van der Waals surface area contributed by atoms with Gasteiger partial charge in [-0.2, -0.15) is 0 Å². The van der Waals surface area contributed by atoms with Crippen LogP contribution in [-0.2, 0) is 0 Å². The molecule has 1 aromatic heterocycles. The van der Waals surface area contributed by atoms with E-state index in [1.54, 1.807) is 23.0 Å². The summed E-state index contributed by atoms with van der Waals surface area (Å²) in [6.07, 6.45) is 1.77. The molecule has 17 heavy (non-hydrogen) atoms. The second kappa shape index (κ2) is 6.33. The molecule has 2 rings (SSSR count). The van der Waals surface area contributed by atoms with Gasteiger partial charge in [-0.05, 0) is 6.07 Å². The molecule has 88 valence electrons. The molecule has 0 radical (unpaired) electrons. The molecule has 0 fully saturated rings. The second-order valence-corrected chi connectivity index (χ2v) is 3.51. The highest BCUT2D eigenvalue weighted by Gasteiger charge is 2.17.